The molecule has 0 bridgehead atoms. The van der Waals surface area contributed by atoms with Gasteiger partial charge in [0.15, 0.2) is 0 Å². The summed E-state index contributed by atoms with van der Waals surface area (Å²) < 4.78 is 5.34. The fraction of sp³-hybridized carbons (Fsp3) is 0.160. The lowest BCUT2D eigenvalue weighted by Crippen LogP contribution is -2.31. The van der Waals surface area contributed by atoms with Crippen LogP contribution in [0.15, 0.2) is 85.1 Å². The van der Waals surface area contributed by atoms with Crippen LogP contribution in [0.3, 0.4) is 0 Å². The molecule has 3 aromatic carbocycles. The maximum Gasteiger partial charge on any atom is 0.232 e. The Hall–Kier alpha value is -3.53. The van der Waals surface area contributed by atoms with Crippen LogP contribution in [0.4, 0.5) is 0 Å². The second-order valence-corrected chi connectivity index (χ2v) is 7.02. The molecular weight excluding hydrogens is 360 g/mol. The highest BCUT2D eigenvalue weighted by Gasteiger charge is 2.22. The van der Waals surface area contributed by atoms with Crippen LogP contribution < -0.4 is 10.1 Å². The van der Waals surface area contributed by atoms with E-state index >= 15 is 0 Å². The number of carbonyl (C=O) groups is 1. The third-order valence-corrected chi connectivity index (χ3v) is 5.20. The van der Waals surface area contributed by atoms with Crippen molar-refractivity contribution in [3.63, 3.8) is 0 Å². The van der Waals surface area contributed by atoms with Gasteiger partial charge in [-0.25, -0.2) is 0 Å². The van der Waals surface area contributed by atoms with Gasteiger partial charge in [-0.2, -0.15) is 0 Å². The molecular formula is C25H24N2O2. The van der Waals surface area contributed by atoms with Crippen molar-refractivity contribution in [2.45, 2.75) is 12.3 Å². The Labute approximate surface area is 170 Å². The Morgan fingerprint density at radius 3 is 2.24 bits per heavy atom. The van der Waals surface area contributed by atoms with Crippen LogP contribution in [-0.2, 0) is 11.2 Å². The quantitative estimate of drug-likeness (QED) is 0.487. The number of fused-ring (bicyclic) bond motifs is 1. The van der Waals surface area contributed by atoms with E-state index in [1.807, 2.05) is 85.1 Å². The van der Waals surface area contributed by atoms with E-state index < -0.39 is 0 Å². The molecule has 2 N–H and O–H groups in total. The summed E-state index contributed by atoms with van der Waals surface area (Å²) in [6.07, 6.45) is 2.75. The van der Waals surface area contributed by atoms with E-state index in [0.717, 1.165) is 39.8 Å². The summed E-state index contributed by atoms with van der Waals surface area (Å²) in [4.78, 5) is 16.4. The first-order valence-electron chi connectivity index (χ1n) is 9.78. The minimum Gasteiger partial charge on any atom is -0.497 e. The summed E-state index contributed by atoms with van der Waals surface area (Å²) >= 11 is 0. The van der Waals surface area contributed by atoms with E-state index in [9.17, 15) is 4.79 Å². The number of rotatable bonds is 7. The van der Waals surface area contributed by atoms with Crippen LogP contribution in [0.2, 0.25) is 0 Å². The second kappa shape index (κ2) is 8.65. The molecule has 0 aliphatic carbocycles. The van der Waals surface area contributed by atoms with Gasteiger partial charge < -0.3 is 15.0 Å². The summed E-state index contributed by atoms with van der Waals surface area (Å²) in [5.74, 6) is 0.524. The molecule has 4 rings (SSSR count). The van der Waals surface area contributed by atoms with Gasteiger partial charge in [0, 0.05) is 23.6 Å². The molecule has 0 aliphatic rings. The number of benzene rings is 3. The summed E-state index contributed by atoms with van der Waals surface area (Å²) in [5.41, 5.74) is 4.22. The minimum absolute atomic E-state index is 0.0137. The molecule has 0 unspecified atom stereocenters. The minimum atomic E-state index is -0.319. The molecule has 0 saturated carbocycles. The molecule has 1 aromatic heterocycles. The highest BCUT2D eigenvalue weighted by Crippen LogP contribution is 2.26. The van der Waals surface area contributed by atoms with Crippen LogP contribution in [0, 0.1) is 0 Å². The molecule has 0 aliphatic heterocycles. The predicted octanol–water partition coefficient (Wildman–Crippen LogP) is 4.67. The van der Waals surface area contributed by atoms with Gasteiger partial charge in [-0.05, 0) is 41.3 Å². The van der Waals surface area contributed by atoms with Gasteiger partial charge in [-0.1, -0.05) is 60.7 Å². The van der Waals surface area contributed by atoms with E-state index in [1.54, 1.807) is 7.11 Å². The van der Waals surface area contributed by atoms with Crippen LogP contribution in [-0.4, -0.2) is 24.5 Å². The summed E-state index contributed by atoms with van der Waals surface area (Å²) in [6.45, 7) is 0.569. The number of hydrogen-bond donors (Lipinski definition) is 2. The lowest BCUT2D eigenvalue weighted by molar-refractivity contribution is -0.121. The molecule has 0 radical (unpaired) electrons. The third kappa shape index (κ3) is 4.16. The highest BCUT2D eigenvalue weighted by atomic mass is 16.5. The smallest absolute Gasteiger partial charge is 0.232 e. The maximum atomic E-state index is 13.1. The topological polar surface area (TPSA) is 54.1 Å². The highest BCUT2D eigenvalue weighted by molar-refractivity contribution is 5.87. The number of nitrogens with one attached hydrogen (secondary N) is 2. The molecule has 0 spiro atoms. The maximum absolute atomic E-state index is 13.1. The number of aromatic amines is 1. The number of ether oxygens (including phenoxy) is 1. The van der Waals surface area contributed by atoms with Crippen molar-refractivity contribution in [2.75, 3.05) is 13.7 Å². The Morgan fingerprint density at radius 1 is 0.966 bits per heavy atom. The molecule has 4 nitrogen and oxygen atoms in total. The van der Waals surface area contributed by atoms with Crippen LogP contribution in [0.25, 0.3) is 10.9 Å². The summed E-state index contributed by atoms with van der Waals surface area (Å²) in [6, 6.07) is 25.8. The first-order valence-corrected chi connectivity index (χ1v) is 9.78. The predicted molar refractivity (Wildman–Crippen MR) is 116 cm³/mol. The molecule has 146 valence electrons. The van der Waals surface area contributed by atoms with E-state index in [0.29, 0.717) is 6.54 Å². The van der Waals surface area contributed by atoms with Gasteiger partial charge in [0.25, 0.3) is 0 Å². The zero-order chi connectivity index (χ0) is 20.1. The largest absolute Gasteiger partial charge is 0.497 e. The van der Waals surface area contributed by atoms with Crippen molar-refractivity contribution in [2.24, 2.45) is 0 Å². The van der Waals surface area contributed by atoms with E-state index in [-0.39, 0.29) is 11.8 Å². The average molecular weight is 384 g/mol. The van der Waals surface area contributed by atoms with E-state index in [2.05, 4.69) is 10.3 Å². The van der Waals surface area contributed by atoms with E-state index in [1.165, 1.54) is 0 Å². The second-order valence-electron chi connectivity index (χ2n) is 7.02. The van der Waals surface area contributed by atoms with Crippen molar-refractivity contribution < 1.29 is 9.53 Å². The monoisotopic (exact) mass is 384 g/mol. The average Bonchev–Trinajstić information content (AvgIpc) is 3.17. The standard InChI is InChI=1S/C25H24N2O2/c1-29-21-12-13-23-22(16-21)20(17-27-23)14-15-26-25(28)24(18-8-4-2-5-9-18)19-10-6-3-7-11-19/h2-13,16-17,24,27H,14-15H2,1H3,(H,26,28). The molecule has 0 atom stereocenters. The number of aromatic nitrogens is 1. The SMILES string of the molecule is COc1ccc2[nH]cc(CCNC(=O)C(c3ccccc3)c3ccccc3)c2c1. The lowest BCUT2D eigenvalue weighted by atomic mass is 9.90. The third-order valence-electron chi connectivity index (χ3n) is 5.20. The van der Waals surface area contributed by atoms with Gasteiger partial charge >= 0.3 is 0 Å². The van der Waals surface area contributed by atoms with E-state index in [4.69, 9.17) is 4.74 Å². The molecule has 29 heavy (non-hydrogen) atoms. The summed E-state index contributed by atoms with van der Waals surface area (Å²) in [5, 5.41) is 4.25. The van der Waals surface area contributed by atoms with Gasteiger partial charge in [0.1, 0.15) is 5.75 Å². The van der Waals surface area contributed by atoms with Crippen molar-refractivity contribution in [1.82, 2.24) is 10.3 Å². The van der Waals surface area contributed by atoms with Crippen molar-refractivity contribution in [1.29, 1.82) is 0 Å². The van der Waals surface area contributed by atoms with Gasteiger partial charge in [0.2, 0.25) is 5.91 Å². The Kier molecular flexibility index (Phi) is 5.61. The normalized spacial score (nSPS) is 11.0. The molecule has 4 aromatic rings. The lowest BCUT2D eigenvalue weighted by Gasteiger charge is -2.18. The Morgan fingerprint density at radius 2 is 1.62 bits per heavy atom. The number of H-pyrrole nitrogens is 1. The molecule has 1 heterocycles. The first kappa shape index (κ1) is 18.8. The first-order chi connectivity index (χ1) is 14.3. The molecule has 4 heteroatoms. The number of methoxy groups -OCH3 is 1. The van der Waals surface area contributed by atoms with Crippen molar-refractivity contribution in [3.8, 4) is 5.75 Å². The van der Waals surface area contributed by atoms with Crippen LogP contribution in [0.1, 0.15) is 22.6 Å². The van der Waals surface area contributed by atoms with Crippen molar-refractivity contribution in [3.05, 3.63) is 102 Å². The zero-order valence-corrected chi connectivity index (χ0v) is 16.4. The fourth-order valence-electron chi connectivity index (χ4n) is 3.70. The summed E-state index contributed by atoms with van der Waals surface area (Å²) in [7, 11) is 1.67. The zero-order valence-electron chi connectivity index (χ0n) is 16.4. The number of carbonyl (C=O) groups excluding carboxylic acids is 1. The van der Waals surface area contributed by atoms with Gasteiger partial charge in [-0.15, -0.1) is 0 Å². The van der Waals surface area contributed by atoms with Crippen molar-refractivity contribution >= 4 is 16.8 Å². The fourth-order valence-corrected chi connectivity index (χ4v) is 3.70. The number of amides is 1. The number of hydrogen-bond acceptors (Lipinski definition) is 2. The molecule has 0 saturated heterocycles. The Balaban J connectivity index is 1.49. The molecule has 1 amide bonds. The van der Waals surface area contributed by atoms with Gasteiger partial charge in [0.05, 0.1) is 13.0 Å². The molecule has 0 fully saturated rings. The van der Waals surface area contributed by atoms with Crippen LogP contribution in [0.5, 0.6) is 5.75 Å². The van der Waals surface area contributed by atoms with Gasteiger partial charge in [-0.3, -0.25) is 4.79 Å². The van der Waals surface area contributed by atoms with Crippen LogP contribution >= 0.6 is 0 Å². The Bertz CT molecular complexity index is 1050.